The first-order valence-electron chi connectivity index (χ1n) is 8.04. The van der Waals surface area contributed by atoms with Crippen molar-refractivity contribution in [2.45, 2.75) is 13.5 Å². The van der Waals surface area contributed by atoms with Gasteiger partial charge in [-0.2, -0.15) is 0 Å². The van der Waals surface area contributed by atoms with Crippen LogP contribution >= 0.6 is 0 Å². The van der Waals surface area contributed by atoms with Crippen LogP contribution in [0.4, 0.5) is 0 Å². The van der Waals surface area contributed by atoms with Gasteiger partial charge in [0.25, 0.3) is 5.91 Å². The Hall–Kier alpha value is -3.22. The van der Waals surface area contributed by atoms with E-state index in [0.717, 1.165) is 11.1 Å². The summed E-state index contributed by atoms with van der Waals surface area (Å²) in [5.41, 5.74) is 2.18. The number of esters is 1. The van der Waals surface area contributed by atoms with Crippen molar-refractivity contribution in [2.24, 2.45) is 0 Å². The maximum Gasteiger partial charge on any atom is 0.325 e. The fourth-order valence-electron chi connectivity index (χ4n) is 2.52. The van der Waals surface area contributed by atoms with E-state index in [1.54, 1.807) is 25.3 Å². The molecule has 7 nitrogen and oxygen atoms in total. The van der Waals surface area contributed by atoms with Crippen molar-refractivity contribution in [2.75, 3.05) is 20.4 Å². The molecule has 1 N–H and O–H groups in total. The number of fused-ring (bicyclic) bond motifs is 1. The molecule has 1 aliphatic heterocycles. The number of hydrogen-bond donors (Lipinski definition) is 1. The second-order valence-electron chi connectivity index (χ2n) is 5.73. The van der Waals surface area contributed by atoms with Gasteiger partial charge in [0.2, 0.25) is 6.79 Å². The van der Waals surface area contributed by atoms with Gasteiger partial charge in [0, 0.05) is 11.1 Å². The average molecular weight is 357 g/mol. The Kier molecular flexibility index (Phi) is 5.26. The molecule has 0 fully saturated rings. The molecule has 0 radical (unpaired) electrons. The van der Waals surface area contributed by atoms with Crippen LogP contribution in [0.2, 0.25) is 0 Å². The fourth-order valence-corrected chi connectivity index (χ4v) is 2.52. The van der Waals surface area contributed by atoms with Crippen molar-refractivity contribution >= 4 is 11.9 Å². The lowest BCUT2D eigenvalue weighted by molar-refractivity contribution is -0.143. The highest BCUT2D eigenvalue weighted by atomic mass is 16.7. The van der Waals surface area contributed by atoms with Crippen molar-refractivity contribution < 1.29 is 28.5 Å². The monoisotopic (exact) mass is 357 g/mol. The van der Waals surface area contributed by atoms with Crippen molar-refractivity contribution in [1.29, 1.82) is 0 Å². The Morgan fingerprint density at radius 2 is 1.92 bits per heavy atom. The minimum Gasteiger partial charge on any atom is -0.496 e. The number of nitrogens with one attached hydrogen (secondary N) is 1. The number of hydrogen-bond acceptors (Lipinski definition) is 6. The molecule has 1 heterocycles. The summed E-state index contributed by atoms with van der Waals surface area (Å²) in [4.78, 5) is 24.0. The van der Waals surface area contributed by atoms with Gasteiger partial charge in [-0.15, -0.1) is 0 Å². The Labute approximate surface area is 150 Å². The van der Waals surface area contributed by atoms with E-state index < -0.39 is 11.9 Å². The Morgan fingerprint density at radius 1 is 1.12 bits per heavy atom. The number of amides is 1. The number of ether oxygens (including phenoxy) is 4. The highest BCUT2D eigenvalue weighted by molar-refractivity contribution is 5.96. The van der Waals surface area contributed by atoms with Gasteiger partial charge in [-0.25, -0.2) is 0 Å². The molecule has 7 heteroatoms. The summed E-state index contributed by atoms with van der Waals surface area (Å²) in [6.45, 7) is 1.91. The van der Waals surface area contributed by atoms with Crippen LogP contribution in [0.3, 0.4) is 0 Å². The van der Waals surface area contributed by atoms with Crippen LogP contribution < -0.4 is 19.5 Å². The van der Waals surface area contributed by atoms with E-state index >= 15 is 0 Å². The summed E-state index contributed by atoms with van der Waals surface area (Å²) >= 11 is 0. The third-order valence-electron chi connectivity index (χ3n) is 3.85. The van der Waals surface area contributed by atoms with E-state index in [-0.39, 0.29) is 19.9 Å². The second kappa shape index (κ2) is 7.77. The first-order valence-corrected chi connectivity index (χ1v) is 8.04. The molecule has 2 aromatic carbocycles. The molecule has 0 atom stereocenters. The molecule has 3 rings (SSSR count). The van der Waals surface area contributed by atoms with Crippen molar-refractivity contribution in [3.05, 3.63) is 53.1 Å². The molecule has 2 aromatic rings. The van der Waals surface area contributed by atoms with Gasteiger partial charge < -0.3 is 24.3 Å². The smallest absolute Gasteiger partial charge is 0.325 e. The lowest BCUT2D eigenvalue weighted by atomic mass is 10.1. The summed E-state index contributed by atoms with van der Waals surface area (Å²) in [6.07, 6.45) is 0. The molecule has 0 spiro atoms. The predicted molar refractivity (Wildman–Crippen MR) is 92.4 cm³/mol. The molecule has 0 aromatic heterocycles. The molecule has 1 aliphatic rings. The van der Waals surface area contributed by atoms with Crippen molar-refractivity contribution in [3.8, 4) is 17.2 Å². The highest BCUT2D eigenvalue weighted by Gasteiger charge is 2.17. The maximum absolute atomic E-state index is 12.1. The fraction of sp³-hybridized carbons (Fsp3) is 0.263. The zero-order chi connectivity index (χ0) is 18.5. The predicted octanol–water partition coefficient (Wildman–Crippen LogP) is 2.21. The minimum atomic E-state index is -0.539. The van der Waals surface area contributed by atoms with Crippen molar-refractivity contribution in [1.82, 2.24) is 5.32 Å². The number of carbonyl (C=O) groups is 2. The van der Waals surface area contributed by atoms with Gasteiger partial charge in [-0.1, -0.05) is 11.6 Å². The number of carbonyl (C=O) groups excluding carboxylic acids is 2. The van der Waals surface area contributed by atoms with Gasteiger partial charge in [-0.3, -0.25) is 9.59 Å². The Bertz CT molecular complexity index is 833. The van der Waals surface area contributed by atoms with E-state index in [1.165, 1.54) is 0 Å². The van der Waals surface area contributed by atoms with Crippen LogP contribution in [0, 0.1) is 6.92 Å². The summed E-state index contributed by atoms with van der Waals surface area (Å²) in [7, 11) is 1.56. The van der Waals surface area contributed by atoms with Crippen LogP contribution in [0.1, 0.15) is 21.5 Å². The molecule has 136 valence electrons. The first kappa shape index (κ1) is 17.6. The summed E-state index contributed by atoms with van der Waals surface area (Å²) in [6, 6.07) is 10.4. The molecular weight excluding hydrogens is 338 g/mol. The topological polar surface area (TPSA) is 83.1 Å². The normalized spacial score (nSPS) is 11.8. The summed E-state index contributed by atoms with van der Waals surface area (Å²) in [5, 5.41) is 2.53. The van der Waals surface area contributed by atoms with E-state index in [0.29, 0.717) is 22.8 Å². The Morgan fingerprint density at radius 3 is 2.73 bits per heavy atom. The number of benzene rings is 2. The SMILES string of the molecule is COc1ccc(C)cc1COC(=O)CNC(=O)c1ccc2c(c1)OCO2. The molecule has 0 unspecified atom stereocenters. The molecular formula is C19H19NO6. The number of methoxy groups -OCH3 is 1. The quantitative estimate of drug-likeness (QED) is 0.798. The van der Waals surface area contributed by atoms with Crippen LogP contribution in [-0.4, -0.2) is 32.3 Å². The van der Waals surface area contributed by atoms with Gasteiger partial charge in [0.05, 0.1) is 7.11 Å². The van der Waals surface area contributed by atoms with Gasteiger partial charge in [0.1, 0.15) is 18.9 Å². The van der Waals surface area contributed by atoms with Gasteiger partial charge >= 0.3 is 5.97 Å². The standard InChI is InChI=1S/C19H19NO6/c1-12-3-5-15(23-2)14(7-12)10-24-18(21)9-20-19(22)13-4-6-16-17(8-13)26-11-25-16/h3-8H,9-11H2,1-2H3,(H,20,22). The largest absolute Gasteiger partial charge is 0.496 e. The third kappa shape index (κ3) is 4.05. The summed E-state index contributed by atoms with van der Waals surface area (Å²) in [5.74, 6) is 0.809. The van der Waals surface area contributed by atoms with Gasteiger partial charge in [-0.05, 0) is 37.3 Å². The molecule has 0 aliphatic carbocycles. The molecule has 0 bridgehead atoms. The minimum absolute atomic E-state index is 0.0730. The number of rotatable bonds is 6. The molecule has 1 amide bonds. The van der Waals surface area contributed by atoms with Gasteiger partial charge in [0.15, 0.2) is 11.5 Å². The average Bonchev–Trinajstić information content (AvgIpc) is 3.12. The van der Waals surface area contributed by atoms with Crippen LogP contribution in [0.5, 0.6) is 17.2 Å². The van der Waals surface area contributed by atoms with E-state index in [2.05, 4.69) is 5.32 Å². The van der Waals surface area contributed by atoms with E-state index in [9.17, 15) is 9.59 Å². The van der Waals surface area contributed by atoms with Crippen LogP contribution in [0.15, 0.2) is 36.4 Å². The zero-order valence-electron chi connectivity index (χ0n) is 14.5. The highest BCUT2D eigenvalue weighted by Crippen LogP contribution is 2.32. The first-order chi connectivity index (χ1) is 12.6. The molecule has 26 heavy (non-hydrogen) atoms. The zero-order valence-corrected chi connectivity index (χ0v) is 14.5. The maximum atomic E-state index is 12.1. The molecule has 0 saturated heterocycles. The van der Waals surface area contributed by atoms with E-state index in [4.69, 9.17) is 18.9 Å². The van der Waals surface area contributed by atoms with Crippen molar-refractivity contribution in [3.63, 3.8) is 0 Å². The van der Waals surface area contributed by atoms with Crippen LogP contribution in [-0.2, 0) is 16.1 Å². The third-order valence-corrected chi connectivity index (χ3v) is 3.85. The molecule has 0 saturated carbocycles. The lowest BCUT2D eigenvalue weighted by Gasteiger charge is -2.11. The van der Waals surface area contributed by atoms with Crippen LogP contribution in [0.25, 0.3) is 0 Å². The second-order valence-corrected chi connectivity index (χ2v) is 5.73. The Balaban J connectivity index is 1.51. The number of aryl methyl sites for hydroxylation is 1. The summed E-state index contributed by atoms with van der Waals surface area (Å²) < 4.78 is 20.9. The van der Waals surface area contributed by atoms with E-state index in [1.807, 2.05) is 25.1 Å². The lowest BCUT2D eigenvalue weighted by Crippen LogP contribution is -2.30.